The summed E-state index contributed by atoms with van der Waals surface area (Å²) < 4.78 is 16.1. The predicted molar refractivity (Wildman–Crippen MR) is 126 cm³/mol. The Morgan fingerprint density at radius 2 is 1.62 bits per heavy atom. The Balaban J connectivity index is 1.90. The summed E-state index contributed by atoms with van der Waals surface area (Å²) in [6.07, 6.45) is 3.16. The molecule has 0 fully saturated rings. The van der Waals surface area contributed by atoms with E-state index in [-0.39, 0.29) is 24.5 Å². The fourth-order valence-corrected chi connectivity index (χ4v) is 3.15. The van der Waals surface area contributed by atoms with Crippen LogP contribution in [0.4, 0.5) is 5.69 Å². The van der Waals surface area contributed by atoms with E-state index in [0.29, 0.717) is 34.4 Å². The largest absolute Gasteiger partial charge is 0.497 e. The summed E-state index contributed by atoms with van der Waals surface area (Å²) >= 11 is 0. The second kappa shape index (κ2) is 12.6. The van der Waals surface area contributed by atoms with Crippen molar-refractivity contribution >= 4 is 17.5 Å². The minimum Gasteiger partial charge on any atom is -0.497 e. The van der Waals surface area contributed by atoms with Gasteiger partial charge in [0.05, 0.1) is 14.2 Å². The highest BCUT2D eigenvalue weighted by atomic mass is 16.5. The lowest BCUT2D eigenvalue weighted by atomic mass is 10.0. The number of hydrogen-bond donors (Lipinski definition) is 2. The van der Waals surface area contributed by atoms with Gasteiger partial charge in [0.25, 0.3) is 11.8 Å². The number of benzene rings is 2. The van der Waals surface area contributed by atoms with Crippen LogP contribution in [-0.2, 0) is 4.79 Å². The third-order valence-corrected chi connectivity index (χ3v) is 4.95. The third-order valence-electron chi connectivity index (χ3n) is 4.95. The quantitative estimate of drug-likeness (QED) is 0.499. The van der Waals surface area contributed by atoms with Crippen LogP contribution < -0.4 is 24.8 Å². The number of methoxy groups -OCH3 is 2. The summed E-state index contributed by atoms with van der Waals surface area (Å²) in [7, 11) is 3.08. The fourth-order valence-electron chi connectivity index (χ4n) is 3.15. The van der Waals surface area contributed by atoms with Crippen LogP contribution in [0.1, 0.15) is 50.4 Å². The zero-order valence-corrected chi connectivity index (χ0v) is 19.6. The first-order valence-electron chi connectivity index (χ1n) is 10.9. The van der Waals surface area contributed by atoms with Gasteiger partial charge in [-0.2, -0.15) is 0 Å². The molecule has 2 N–H and O–H groups in total. The van der Waals surface area contributed by atoms with Crippen LogP contribution in [0.3, 0.4) is 0 Å². The molecule has 0 spiro atoms. The van der Waals surface area contributed by atoms with Crippen molar-refractivity contribution in [2.24, 2.45) is 5.92 Å². The molecule has 0 aromatic heterocycles. The molecule has 1 unspecified atom stereocenters. The smallest absolute Gasteiger partial charge is 0.262 e. The number of anilines is 1. The molecule has 2 rings (SSSR count). The molecule has 2 aromatic carbocycles. The SMILES string of the molecule is COc1ccc(NC(=O)COc2ccc(C(=O)NC(C)CCCC(C)C)cc2OC)cc1. The Bertz CT molecular complexity index is 880. The van der Waals surface area contributed by atoms with E-state index >= 15 is 0 Å². The monoisotopic (exact) mass is 442 g/mol. The minimum absolute atomic E-state index is 0.0878. The number of rotatable bonds is 12. The topological polar surface area (TPSA) is 85.9 Å². The molecular formula is C25H34N2O5. The van der Waals surface area contributed by atoms with E-state index < -0.39 is 0 Å². The van der Waals surface area contributed by atoms with Crippen LogP contribution in [0.25, 0.3) is 0 Å². The summed E-state index contributed by atoms with van der Waals surface area (Å²) in [5.74, 6) is 1.67. The van der Waals surface area contributed by atoms with Crippen LogP contribution in [0.2, 0.25) is 0 Å². The summed E-state index contributed by atoms with van der Waals surface area (Å²) in [6.45, 7) is 6.21. The average Bonchev–Trinajstić information content (AvgIpc) is 2.77. The van der Waals surface area contributed by atoms with E-state index in [1.54, 1.807) is 49.6 Å². The molecule has 0 aliphatic heterocycles. The zero-order chi connectivity index (χ0) is 23.5. The van der Waals surface area contributed by atoms with Gasteiger partial charge in [-0.1, -0.05) is 26.7 Å². The normalized spacial score (nSPS) is 11.6. The Morgan fingerprint density at radius 1 is 0.906 bits per heavy atom. The van der Waals surface area contributed by atoms with Crippen molar-refractivity contribution in [1.82, 2.24) is 5.32 Å². The van der Waals surface area contributed by atoms with Gasteiger partial charge in [0.2, 0.25) is 0 Å². The first-order chi connectivity index (χ1) is 15.3. The highest BCUT2D eigenvalue weighted by Gasteiger charge is 2.14. The number of hydrogen-bond acceptors (Lipinski definition) is 5. The van der Waals surface area contributed by atoms with Crippen LogP contribution in [-0.4, -0.2) is 38.7 Å². The van der Waals surface area contributed by atoms with E-state index in [0.717, 1.165) is 19.3 Å². The van der Waals surface area contributed by atoms with Crippen molar-refractivity contribution in [3.05, 3.63) is 48.0 Å². The molecule has 2 amide bonds. The van der Waals surface area contributed by atoms with Crippen molar-refractivity contribution in [1.29, 1.82) is 0 Å². The second-order valence-electron chi connectivity index (χ2n) is 8.13. The van der Waals surface area contributed by atoms with E-state index in [1.165, 1.54) is 7.11 Å². The Hall–Kier alpha value is -3.22. The summed E-state index contributed by atoms with van der Waals surface area (Å²) in [5.41, 5.74) is 1.12. The molecule has 7 heteroatoms. The number of amides is 2. The van der Waals surface area contributed by atoms with Crippen LogP contribution >= 0.6 is 0 Å². The molecule has 174 valence electrons. The van der Waals surface area contributed by atoms with Gasteiger partial charge in [-0.15, -0.1) is 0 Å². The summed E-state index contributed by atoms with van der Waals surface area (Å²) in [5, 5.41) is 5.77. The molecule has 0 saturated heterocycles. The third kappa shape index (κ3) is 8.13. The first kappa shape index (κ1) is 25.0. The van der Waals surface area contributed by atoms with Gasteiger partial charge >= 0.3 is 0 Å². The van der Waals surface area contributed by atoms with Crippen molar-refractivity contribution in [2.75, 3.05) is 26.1 Å². The Morgan fingerprint density at radius 3 is 2.25 bits per heavy atom. The second-order valence-corrected chi connectivity index (χ2v) is 8.13. The van der Waals surface area contributed by atoms with Gasteiger partial charge in [0, 0.05) is 17.3 Å². The summed E-state index contributed by atoms with van der Waals surface area (Å²) in [4.78, 5) is 24.8. The van der Waals surface area contributed by atoms with Gasteiger partial charge in [0.1, 0.15) is 5.75 Å². The maximum Gasteiger partial charge on any atom is 0.262 e. The maximum absolute atomic E-state index is 12.6. The molecule has 32 heavy (non-hydrogen) atoms. The van der Waals surface area contributed by atoms with Gasteiger partial charge in [-0.05, 0) is 61.7 Å². The Labute approximate surface area is 190 Å². The lowest BCUT2D eigenvalue weighted by Gasteiger charge is -2.16. The molecule has 0 aliphatic carbocycles. The van der Waals surface area contributed by atoms with Crippen LogP contribution in [0.5, 0.6) is 17.2 Å². The van der Waals surface area contributed by atoms with Gasteiger partial charge in [0.15, 0.2) is 18.1 Å². The zero-order valence-electron chi connectivity index (χ0n) is 19.6. The fraction of sp³-hybridized carbons (Fsp3) is 0.440. The van der Waals surface area contributed by atoms with Crippen molar-refractivity contribution < 1.29 is 23.8 Å². The van der Waals surface area contributed by atoms with Gasteiger partial charge < -0.3 is 24.8 Å². The standard InChI is InChI=1S/C25H34N2O5/c1-17(2)7-6-8-18(3)26-25(29)19-9-14-22(23(15-19)31-5)32-16-24(28)27-20-10-12-21(30-4)13-11-20/h9-15,17-18H,6-8,16H2,1-5H3,(H,26,29)(H,27,28). The van der Waals surface area contributed by atoms with E-state index in [1.807, 2.05) is 6.92 Å². The average molecular weight is 443 g/mol. The van der Waals surface area contributed by atoms with Crippen molar-refractivity contribution in [2.45, 2.75) is 46.1 Å². The molecule has 0 bridgehead atoms. The number of carbonyl (C=O) groups is 2. The highest BCUT2D eigenvalue weighted by molar-refractivity contribution is 5.95. The first-order valence-corrected chi connectivity index (χ1v) is 10.9. The van der Waals surface area contributed by atoms with Gasteiger partial charge in [-0.25, -0.2) is 0 Å². The van der Waals surface area contributed by atoms with Crippen LogP contribution in [0.15, 0.2) is 42.5 Å². The van der Waals surface area contributed by atoms with Gasteiger partial charge in [-0.3, -0.25) is 9.59 Å². The van der Waals surface area contributed by atoms with Crippen LogP contribution in [0, 0.1) is 5.92 Å². The maximum atomic E-state index is 12.6. The van der Waals surface area contributed by atoms with Crippen molar-refractivity contribution in [3.8, 4) is 17.2 Å². The van der Waals surface area contributed by atoms with Crippen molar-refractivity contribution in [3.63, 3.8) is 0 Å². The Kier molecular flexibility index (Phi) is 9.85. The molecular weight excluding hydrogens is 408 g/mol. The lowest BCUT2D eigenvalue weighted by Crippen LogP contribution is -2.32. The predicted octanol–water partition coefficient (Wildman–Crippen LogP) is 4.67. The van der Waals surface area contributed by atoms with E-state index in [4.69, 9.17) is 14.2 Å². The molecule has 0 heterocycles. The van der Waals surface area contributed by atoms with E-state index in [2.05, 4.69) is 24.5 Å². The number of ether oxygens (including phenoxy) is 3. The number of nitrogens with one attached hydrogen (secondary N) is 2. The van der Waals surface area contributed by atoms with E-state index in [9.17, 15) is 9.59 Å². The molecule has 2 aromatic rings. The molecule has 7 nitrogen and oxygen atoms in total. The highest BCUT2D eigenvalue weighted by Crippen LogP contribution is 2.28. The minimum atomic E-state index is -0.311. The molecule has 1 atom stereocenters. The molecule has 0 aliphatic rings. The molecule has 0 saturated carbocycles. The molecule has 0 radical (unpaired) electrons. The summed E-state index contributed by atoms with van der Waals surface area (Å²) in [6, 6.07) is 12.0. The number of carbonyl (C=O) groups excluding carboxylic acids is 2. The lowest BCUT2D eigenvalue weighted by molar-refractivity contribution is -0.118.